The van der Waals surface area contributed by atoms with Crippen molar-refractivity contribution in [3.63, 3.8) is 0 Å². The zero-order valence-electron chi connectivity index (χ0n) is 6.33. The minimum Gasteiger partial charge on any atom is -0.478 e. The Morgan fingerprint density at radius 1 is 1.42 bits per heavy atom. The Morgan fingerprint density at radius 3 is 2.67 bits per heavy atom. The highest BCUT2D eigenvalue weighted by atomic mass is 17.0. The summed E-state index contributed by atoms with van der Waals surface area (Å²) in [6.07, 6.45) is 0. The Balaban J connectivity index is 2.72. The average molecular weight is 166 g/mol. The number of aryl methyl sites for hydroxylation is 1. The first kappa shape index (κ1) is 6.97. The van der Waals surface area contributed by atoms with Crippen LogP contribution in [0.2, 0.25) is 0 Å². The van der Waals surface area contributed by atoms with E-state index in [2.05, 4.69) is 9.15 Å². The SMILES string of the molecule is Cc1c(C(=O)O)ccc2ooc12. The predicted molar refractivity (Wildman–Crippen MR) is 40.2 cm³/mol. The standard InChI is InChI=1S/C8H6O4/c1-4-5(8(9)10)2-3-6-7(4)12-11-6/h2-3H,1H3,(H,9,10). The van der Waals surface area contributed by atoms with Crippen LogP contribution in [-0.2, 0) is 0 Å². The maximum absolute atomic E-state index is 10.6. The Labute approximate surface area is 67.3 Å². The van der Waals surface area contributed by atoms with Crippen LogP contribution in [0, 0.1) is 6.92 Å². The van der Waals surface area contributed by atoms with Crippen molar-refractivity contribution < 1.29 is 19.1 Å². The van der Waals surface area contributed by atoms with Gasteiger partial charge in [0.1, 0.15) is 0 Å². The third-order valence-electron chi connectivity index (χ3n) is 1.81. The van der Waals surface area contributed by atoms with Crippen LogP contribution in [0.15, 0.2) is 21.3 Å². The number of rotatable bonds is 1. The Hall–Kier alpha value is -1.71. The van der Waals surface area contributed by atoms with E-state index in [1.165, 1.54) is 6.07 Å². The van der Waals surface area contributed by atoms with Crippen LogP contribution in [0.1, 0.15) is 15.9 Å². The molecular weight excluding hydrogens is 160 g/mol. The minimum absolute atomic E-state index is 0.247. The average Bonchev–Trinajstić information content (AvgIpc) is 1.92. The van der Waals surface area contributed by atoms with E-state index in [1.54, 1.807) is 13.0 Å². The molecule has 1 N–H and O–H groups in total. The van der Waals surface area contributed by atoms with Gasteiger partial charge in [0.15, 0.2) is 0 Å². The molecule has 0 aliphatic heterocycles. The van der Waals surface area contributed by atoms with Gasteiger partial charge < -0.3 is 5.11 Å². The molecule has 0 radical (unpaired) electrons. The van der Waals surface area contributed by atoms with Gasteiger partial charge in [-0.15, -0.1) is 0 Å². The second kappa shape index (κ2) is 2.14. The molecule has 4 nitrogen and oxygen atoms in total. The molecule has 2 rings (SSSR count). The molecular formula is C8H6O4. The molecule has 0 amide bonds. The monoisotopic (exact) mass is 166 g/mol. The third-order valence-corrected chi connectivity index (χ3v) is 1.81. The van der Waals surface area contributed by atoms with E-state index < -0.39 is 5.97 Å². The summed E-state index contributed by atoms with van der Waals surface area (Å²) in [6.45, 7) is 1.69. The van der Waals surface area contributed by atoms with Gasteiger partial charge in [-0.3, -0.25) is 9.15 Å². The molecule has 4 heteroatoms. The molecule has 0 aliphatic rings. The van der Waals surface area contributed by atoms with Crippen molar-refractivity contribution in [3.05, 3.63) is 23.3 Å². The lowest BCUT2D eigenvalue weighted by Crippen LogP contribution is -2.00. The highest BCUT2D eigenvalue weighted by Gasteiger charge is 2.15. The lowest BCUT2D eigenvalue weighted by atomic mass is 10.1. The minimum atomic E-state index is -0.953. The van der Waals surface area contributed by atoms with Crippen molar-refractivity contribution in [1.82, 2.24) is 0 Å². The summed E-state index contributed by atoms with van der Waals surface area (Å²) in [4.78, 5) is 10.6. The highest BCUT2D eigenvalue weighted by molar-refractivity contribution is 5.94. The van der Waals surface area contributed by atoms with Crippen LogP contribution in [0.3, 0.4) is 0 Å². The number of hydrogen-bond acceptors (Lipinski definition) is 3. The van der Waals surface area contributed by atoms with Crippen molar-refractivity contribution >= 4 is 17.1 Å². The van der Waals surface area contributed by atoms with Crippen LogP contribution in [-0.4, -0.2) is 11.1 Å². The van der Waals surface area contributed by atoms with Crippen molar-refractivity contribution in [3.8, 4) is 0 Å². The molecule has 1 heterocycles. The number of hydrogen-bond donors (Lipinski definition) is 1. The molecule has 0 unspecified atom stereocenters. The number of carboxylic acids is 1. The van der Waals surface area contributed by atoms with Crippen LogP contribution in [0.4, 0.5) is 0 Å². The normalized spacial score (nSPS) is 10.8. The quantitative estimate of drug-likeness (QED) is 0.658. The van der Waals surface area contributed by atoms with Crippen LogP contribution >= 0.6 is 0 Å². The second-order valence-corrected chi connectivity index (χ2v) is 2.54. The van der Waals surface area contributed by atoms with Gasteiger partial charge in [0, 0.05) is 5.56 Å². The van der Waals surface area contributed by atoms with Crippen molar-refractivity contribution in [2.75, 3.05) is 0 Å². The van der Waals surface area contributed by atoms with E-state index in [9.17, 15) is 4.79 Å². The van der Waals surface area contributed by atoms with Gasteiger partial charge in [-0.2, -0.15) is 0 Å². The predicted octanol–water partition coefficient (Wildman–Crippen LogP) is 2.03. The molecule has 0 fully saturated rings. The molecule has 0 aliphatic carbocycles. The lowest BCUT2D eigenvalue weighted by Gasteiger charge is -2.03. The largest absolute Gasteiger partial charge is 0.478 e. The maximum Gasteiger partial charge on any atom is 0.336 e. The molecule has 12 heavy (non-hydrogen) atoms. The Bertz CT molecular complexity index is 435. The summed E-state index contributed by atoms with van der Waals surface area (Å²) in [5.41, 5.74) is 1.97. The van der Waals surface area contributed by atoms with E-state index in [0.29, 0.717) is 16.7 Å². The van der Waals surface area contributed by atoms with Crippen molar-refractivity contribution in [2.45, 2.75) is 6.92 Å². The fourth-order valence-corrected chi connectivity index (χ4v) is 1.12. The van der Waals surface area contributed by atoms with Crippen LogP contribution in [0.5, 0.6) is 0 Å². The fourth-order valence-electron chi connectivity index (χ4n) is 1.12. The number of fused-ring (bicyclic) bond motifs is 1. The molecule has 0 saturated carbocycles. The van der Waals surface area contributed by atoms with E-state index >= 15 is 0 Å². The van der Waals surface area contributed by atoms with E-state index in [1.807, 2.05) is 0 Å². The van der Waals surface area contributed by atoms with Gasteiger partial charge in [-0.1, -0.05) is 0 Å². The number of carbonyl (C=O) groups is 1. The van der Waals surface area contributed by atoms with Crippen molar-refractivity contribution in [1.29, 1.82) is 0 Å². The summed E-state index contributed by atoms with van der Waals surface area (Å²) < 4.78 is 9.23. The molecule has 2 aromatic rings. The van der Waals surface area contributed by atoms with Gasteiger partial charge in [0.25, 0.3) is 0 Å². The number of carboxylic acid groups (broad SMARTS) is 1. The van der Waals surface area contributed by atoms with Gasteiger partial charge in [0.05, 0.1) is 5.56 Å². The van der Waals surface area contributed by atoms with Gasteiger partial charge in [-0.05, 0) is 19.1 Å². The summed E-state index contributed by atoms with van der Waals surface area (Å²) in [5, 5.41) is 8.71. The smallest absolute Gasteiger partial charge is 0.336 e. The first-order valence-electron chi connectivity index (χ1n) is 3.41. The summed E-state index contributed by atoms with van der Waals surface area (Å²) in [6, 6.07) is 3.08. The third kappa shape index (κ3) is 0.747. The van der Waals surface area contributed by atoms with Crippen LogP contribution < -0.4 is 0 Å². The zero-order chi connectivity index (χ0) is 8.72. The molecule has 62 valence electrons. The fraction of sp³-hybridized carbons (Fsp3) is 0.125. The molecule has 1 aromatic heterocycles. The summed E-state index contributed by atoms with van der Waals surface area (Å²) in [5.74, 6) is -0.953. The zero-order valence-corrected chi connectivity index (χ0v) is 6.33. The maximum atomic E-state index is 10.6. The summed E-state index contributed by atoms with van der Waals surface area (Å²) >= 11 is 0. The van der Waals surface area contributed by atoms with Gasteiger partial charge >= 0.3 is 5.97 Å². The van der Waals surface area contributed by atoms with Gasteiger partial charge in [0.2, 0.25) is 11.2 Å². The van der Waals surface area contributed by atoms with Crippen molar-refractivity contribution in [2.24, 2.45) is 0 Å². The first-order valence-corrected chi connectivity index (χ1v) is 3.41. The Morgan fingerprint density at radius 2 is 2.17 bits per heavy atom. The second-order valence-electron chi connectivity index (χ2n) is 2.54. The molecule has 0 atom stereocenters. The van der Waals surface area contributed by atoms with E-state index in [4.69, 9.17) is 5.11 Å². The van der Waals surface area contributed by atoms with Gasteiger partial charge in [-0.25, -0.2) is 4.79 Å². The van der Waals surface area contributed by atoms with E-state index in [-0.39, 0.29) is 5.56 Å². The molecule has 1 aromatic carbocycles. The molecule has 0 bridgehead atoms. The summed E-state index contributed by atoms with van der Waals surface area (Å²) in [7, 11) is 0. The molecule has 0 spiro atoms. The topological polar surface area (TPSA) is 63.6 Å². The van der Waals surface area contributed by atoms with E-state index in [0.717, 1.165) is 0 Å². The Kier molecular flexibility index (Phi) is 1.24. The lowest BCUT2D eigenvalue weighted by molar-refractivity contribution is 0.0575. The highest BCUT2D eigenvalue weighted by Crippen LogP contribution is 2.24. The number of benzene rings is 1. The number of aromatic carboxylic acids is 1. The van der Waals surface area contributed by atoms with Crippen LogP contribution in [0.25, 0.3) is 11.2 Å². The molecule has 0 saturated heterocycles. The first-order chi connectivity index (χ1) is 5.70.